The number of nitrogens with zero attached hydrogens (tertiary/aromatic N) is 3. The summed E-state index contributed by atoms with van der Waals surface area (Å²) in [4.78, 5) is 28.2. The maximum absolute atomic E-state index is 13.1. The monoisotopic (exact) mass is 408 g/mol. The minimum Gasteiger partial charge on any atom is -0.355 e. The van der Waals surface area contributed by atoms with Gasteiger partial charge in [0, 0.05) is 22.9 Å². The zero-order valence-electron chi connectivity index (χ0n) is 17.0. The van der Waals surface area contributed by atoms with E-state index in [1.807, 2.05) is 51.1 Å². The Labute approximate surface area is 174 Å². The third-order valence-electron chi connectivity index (χ3n) is 5.30. The number of rotatable bonds is 7. The van der Waals surface area contributed by atoms with Gasteiger partial charge in [0.25, 0.3) is 0 Å². The molecule has 1 fully saturated rings. The molecule has 1 saturated carbocycles. The van der Waals surface area contributed by atoms with Crippen LogP contribution >= 0.6 is 11.8 Å². The van der Waals surface area contributed by atoms with Crippen LogP contribution < -0.4 is 0 Å². The van der Waals surface area contributed by atoms with Gasteiger partial charge in [-0.15, -0.1) is 10.2 Å². The number of aryl methyl sites for hydroxylation is 1. The average molecular weight is 409 g/mol. The van der Waals surface area contributed by atoms with Crippen LogP contribution in [0.25, 0.3) is 5.69 Å². The molecule has 2 aromatic heterocycles. The van der Waals surface area contributed by atoms with Crippen molar-refractivity contribution in [2.45, 2.75) is 56.9 Å². The first-order chi connectivity index (χ1) is 13.9. The molecule has 0 radical (unpaired) electrons. The van der Waals surface area contributed by atoms with Crippen molar-refractivity contribution in [3.8, 4) is 5.69 Å². The maximum atomic E-state index is 13.1. The van der Waals surface area contributed by atoms with E-state index in [9.17, 15) is 9.59 Å². The molecule has 0 bridgehead atoms. The number of ketones is 2. The van der Waals surface area contributed by atoms with Gasteiger partial charge in [-0.05, 0) is 58.2 Å². The van der Waals surface area contributed by atoms with Crippen LogP contribution in [0.15, 0.2) is 35.5 Å². The van der Waals surface area contributed by atoms with Gasteiger partial charge in [0.1, 0.15) is 5.82 Å². The summed E-state index contributed by atoms with van der Waals surface area (Å²) < 4.78 is 2.07. The summed E-state index contributed by atoms with van der Waals surface area (Å²) in [6.07, 6.45) is 2.25. The van der Waals surface area contributed by atoms with E-state index in [0.717, 1.165) is 35.6 Å². The van der Waals surface area contributed by atoms with Crippen molar-refractivity contribution in [1.29, 1.82) is 0 Å². The number of para-hydroxylation sites is 1. The molecule has 0 amide bonds. The molecule has 0 aliphatic heterocycles. The lowest BCUT2D eigenvalue weighted by Gasteiger charge is -2.13. The molecule has 29 heavy (non-hydrogen) atoms. The van der Waals surface area contributed by atoms with Crippen molar-refractivity contribution in [3.63, 3.8) is 0 Å². The largest absolute Gasteiger partial charge is 0.355 e. The molecule has 1 aliphatic rings. The van der Waals surface area contributed by atoms with E-state index in [4.69, 9.17) is 0 Å². The third-order valence-corrected chi connectivity index (χ3v) is 6.35. The van der Waals surface area contributed by atoms with Crippen LogP contribution in [0, 0.1) is 13.8 Å². The smallest absolute Gasteiger partial charge is 0.196 e. The van der Waals surface area contributed by atoms with E-state index in [1.54, 1.807) is 0 Å². The van der Waals surface area contributed by atoms with Gasteiger partial charge >= 0.3 is 0 Å². The summed E-state index contributed by atoms with van der Waals surface area (Å²) in [5.41, 5.74) is 3.57. The maximum Gasteiger partial charge on any atom is 0.196 e. The standard InChI is InChI=1S/C22H24N4O2S/c1-12-18(14(3)27)13(2)23-19(12)20(28)15(4)29-22-25-24-21(16-10-11-16)26(22)17-8-6-5-7-9-17/h5-9,15-16,23H,10-11H2,1-4H3/t15-/m0/s1. The van der Waals surface area contributed by atoms with Crippen molar-refractivity contribution in [3.05, 3.63) is 58.7 Å². The Hall–Kier alpha value is -2.67. The van der Waals surface area contributed by atoms with Crippen LogP contribution in [0.1, 0.15) is 70.5 Å². The molecule has 150 valence electrons. The fourth-order valence-electron chi connectivity index (χ4n) is 3.72. The Balaban J connectivity index is 1.64. The van der Waals surface area contributed by atoms with E-state index in [2.05, 4.69) is 19.7 Å². The zero-order valence-corrected chi connectivity index (χ0v) is 17.8. The van der Waals surface area contributed by atoms with Crippen LogP contribution in [-0.4, -0.2) is 36.6 Å². The lowest BCUT2D eigenvalue weighted by Crippen LogP contribution is -2.16. The number of Topliss-reactive ketones (excluding diaryl/α,β-unsaturated/α-hetero) is 2. The van der Waals surface area contributed by atoms with Crippen molar-refractivity contribution in [2.24, 2.45) is 0 Å². The zero-order chi connectivity index (χ0) is 20.7. The first-order valence-corrected chi connectivity index (χ1v) is 10.7. The van der Waals surface area contributed by atoms with E-state index >= 15 is 0 Å². The average Bonchev–Trinajstić information content (AvgIpc) is 3.39. The summed E-state index contributed by atoms with van der Waals surface area (Å²) in [5.74, 6) is 1.32. The normalized spacial score (nSPS) is 14.8. The summed E-state index contributed by atoms with van der Waals surface area (Å²) in [7, 11) is 0. The second-order valence-corrected chi connectivity index (χ2v) is 8.90. The number of hydrogen-bond acceptors (Lipinski definition) is 5. The van der Waals surface area contributed by atoms with Gasteiger partial charge in [-0.2, -0.15) is 0 Å². The number of nitrogens with one attached hydrogen (secondary N) is 1. The molecule has 0 spiro atoms. The van der Waals surface area contributed by atoms with Crippen molar-refractivity contribution < 1.29 is 9.59 Å². The Bertz CT molecular complexity index is 1080. The van der Waals surface area contributed by atoms with Crippen LogP contribution in [-0.2, 0) is 0 Å². The highest BCUT2D eigenvalue weighted by Crippen LogP contribution is 2.41. The van der Waals surface area contributed by atoms with Crippen LogP contribution in [0.3, 0.4) is 0 Å². The molecule has 1 atom stereocenters. The highest BCUT2D eigenvalue weighted by molar-refractivity contribution is 8.00. The second kappa shape index (κ2) is 7.63. The molecule has 1 aromatic carbocycles. The third kappa shape index (κ3) is 3.67. The number of aromatic amines is 1. The summed E-state index contributed by atoms with van der Waals surface area (Å²) in [6.45, 7) is 7.04. The molecule has 7 heteroatoms. The molecule has 6 nitrogen and oxygen atoms in total. The lowest BCUT2D eigenvalue weighted by molar-refractivity contribution is 0.0988. The number of hydrogen-bond donors (Lipinski definition) is 1. The van der Waals surface area contributed by atoms with E-state index in [1.165, 1.54) is 18.7 Å². The predicted molar refractivity (Wildman–Crippen MR) is 113 cm³/mol. The quantitative estimate of drug-likeness (QED) is 0.454. The molecular formula is C22H24N4O2S. The molecule has 4 rings (SSSR count). The highest BCUT2D eigenvalue weighted by Gasteiger charge is 2.32. The van der Waals surface area contributed by atoms with E-state index in [-0.39, 0.29) is 16.8 Å². The highest BCUT2D eigenvalue weighted by atomic mass is 32.2. The number of benzene rings is 1. The Morgan fingerprint density at radius 1 is 1.17 bits per heavy atom. The van der Waals surface area contributed by atoms with Crippen LogP contribution in [0.4, 0.5) is 0 Å². The predicted octanol–water partition coefficient (Wildman–Crippen LogP) is 4.66. The van der Waals surface area contributed by atoms with Gasteiger partial charge in [-0.1, -0.05) is 30.0 Å². The Kier molecular flexibility index (Phi) is 5.17. The minimum absolute atomic E-state index is 0.0338. The Morgan fingerprint density at radius 3 is 2.45 bits per heavy atom. The Morgan fingerprint density at radius 2 is 1.86 bits per heavy atom. The summed E-state index contributed by atoms with van der Waals surface area (Å²) in [5, 5.41) is 9.17. The first-order valence-electron chi connectivity index (χ1n) is 9.80. The molecule has 0 unspecified atom stereocenters. The van der Waals surface area contributed by atoms with E-state index < -0.39 is 0 Å². The molecule has 0 saturated heterocycles. The van der Waals surface area contributed by atoms with Gasteiger partial charge in [0.05, 0.1) is 10.9 Å². The molecule has 3 aromatic rings. The van der Waals surface area contributed by atoms with Gasteiger partial charge in [-0.25, -0.2) is 0 Å². The van der Waals surface area contributed by atoms with Gasteiger partial charge in [-0.3, -0.25) is 14.2 Å². The minimum atomic E-state index is -0.370. The fraction of sp³-hybridized carbons (Fsp3) is 0.364. The number of carbonyl (C=O) groups is 2. The summed E-state index contributed by atoms with van der Waals surface area (Å²) in [6, 6.07) is 10.0. The van der Waals surface area contributed by atoms with E-state index in [0.29, 0.717) is 22.3 Å². The fourth-order valence-corrected chi connectivity index (χ4v) is 4.66. The number of thioether (sulfide) groups is 1. The topological polar surface area (TPSA) is 80.6 Å². The number of H-pyrrole nitrogens is 1. The molecule has 2 heterocycles. The van der Waals surface area contributed by atoms with Crippen LogP contribution in [0.5, 0.6) is 0 Å². The van der Waals surface area contributed by atoms with Gasteiger partial charge in [0.15, 0.2) is 16.7 Å². The van der Waals surface area contributed by atoms with Gasteiger partial charge in [0.2, 0.25) is 0 Å². The van der Waals surface area contributed by atoms with Crippen LogP contribution in [0.2, 0.25) is 0 Å². The first kappa shape index (κ1) is 19.6. The molecule has 1 N–H and O–H groups in total. The summed E-state index contributed by atoms with van der Waals surface area (Å²) >= 11 is 1.40. The van der Waals surface area contributed by atoms with Crippen molar-refractivity contribution in [1.82, 2.24) is 19.7 Å². The SMILES string of the molecule is CC(=O)c1c(C)[nH]c(C(=O)[C@H](C)Sc2nnc(C3CC3)n2-c2ccccc2)c1C. The lowest BCUT2D eigenvalue weighted by atomic mass is 10.0. The molecule has 1 aliphatic carbocycles. The molecular weight excluding hydrogens is 384 g/mol. The van der Waals surface area contributed by atoms with Crippen molar-refractivity contribution >= 4 is 23.3 Å². The number of aromatic nitrogens is 4. The second-order valence-electron chi connectivity index (χ2n) is 7.59. The van der Waals surface area contributed by atoms with Crippen molar-refractivity contribution in [2.75, 3.05) is 0 Å². The number of carbonyl (C=O) groups excluding carboxylic acids is 2. The van der Waals surface area contributed by atoms with Gasteiger partial charge < -0.3 is 4.98 Å².